The smallest absolute Gasteiger partial charge is 0.157 e. The number of sulfone groups is 1. The highest BCUT2D eigenvalue weighted by atomic mass is 32.2. The summed E-state index contributed by atoms with van der Waals surface area (Å²) in [5, 5.41) is 0. The van der Waals surface area contributed by atoms with Gasteiger partial charge in [-0.3, -0.25) is 0 Å². The molecule has 1 aromatic rings. The van der Waals surface area contributed by atoms with Gasteiger partial charge in [0.25, 0.3) is 0 Å². The lowest BCUT2D eigenvalue weighted by molar-refractivity contribution is 0.488. The SMILES string of the molecule is Cc1cc2c(o1)CS(=O)(=O)CC2. The van der Waals surface area contributed by atoms with Gasteiger partial charge in [0.15, 0.2) is 9.84 Å². The molecule has 1 aromatic heterocycles. The Morgan fingerprint density at radius 1 is 1.50 bits per heavy atom. The summed E-state index contributed by atoms with van der Waals surface area (Å²) in [6, 6.07) is 1.92. The Morgan fingerprint density at radius 2 is 2.25 bits per heavy atom. The van der Waals surface area contributed by atoms with Gasteiger partial charge in [-0.15, -0.1) is 0 Å². The van der Waals surface area contributed by atoms with Crippen molar-refractivity contribution in [3.63, 3.8) is 0 Å². The Bertz CT molecular complexity index is 400. The zero-order valence-corrected chi connectivity index (χ0v) is 7.65. The third-order valence-electron chi connectivity index (χ3n) is 2.05. The third-order valence-corrected chi connectivity index (χ3v) is 3.58. The lowest BCUT2D eigenvalue weighted by Crippen LogP contribution is -2.17. The highest BCUT2D eigenvalue weighted by Gasteiger charge is 2.24. The summed E-state index contributed by atoms with van der Waals surface area (Å²) in [5.41, 5.74) is 1.06. The summed E-state index contributed by atoms with van der Waals surface area (Å²) in [6.07, 6.45) is 0.606. The fraction of sp³-hybridized carbons (Fsp3) is 0.500. The van der Waals surface area contributed by atoms with Crippen molar-refractivity contribution in [2.75, 3.05) is 5.75 Å². The van der Waals surface area contributed by atoms with Crippen LogP contribution in [0.5, 0.6) is 0 Å². The van der Waals surface area contributed by atoms with Crippen LogP contribution >= 0.6 is 0 Å². The molecule has 1 aliphatic rings. The van der Waals surface area contributed by atoms with Gasteiger partial charge in [0, 0.05) is 0 Å². The first-order chi connectivity index (χ1) is 5.57. The van der Waals surface area contributed by atoms with E-state index in [1.807, 2.05) is 13.0 Å². The monoisotopic (exact) mass is 186 g/mol. The molecule has 4 heteroatoms. The molecule has 66 valence electrons. The van der Waals surface area contributed by atoms with Crippen LogP contribution in [0.2, 0.25) is 0 Å². The molecule has 0 saturated carbocycles. The first-order valence-corrected chi connectivity index (χ1v) is 5.67. The maximum atomic E-state index is 11.2. The zero-order chi connectivity index (χ0) is 8.77. The largest absolute Gasteiger partial charge is 0.465 e. The minimum absolute atomic E-state index is 0.0795. The lowest BCUT2D eigenvalue weighted by atomic mass is 10.2. The molecule has 0 aromatic carbocycles. The third kappa shape index (κ3) is 1.27. The van der Waals surface area contributed by atoms with E-state index in [0.29, 0.717) is 12.2 Å². The summed E-state index contributed by atoms with van der Waals surface area (Å²) >= 11 is 0. The van der Waals surface area contributed by atoms with Crippen LogP contribution in [0, 0.1) is 6.92 Å². The van der Waals surface area contributed by atoms with E-state index in [9.17, 15) is 8.42 Å². The number of hydrogen-bond acceptors (Lipinski definition) is 3. The molecule has 0 spiro atoms. The van der Waals surface area contributed by atoms with E-state index >= 15 is 0 Å². The van der Waals surface area contributed by atoms with Gasteiger partial charge < -0.3 is 4.42 Å². The van der Waals surface area contributed by atoms with Gasteiger partial charge >= 0.3 is 0 Å². The summed E-state index contributed by atoms with van der Waals surface area (Å²) in [5.74, 6) is 1.78. The van der Waals surface area contributed by atoms with Crippen molar-refractivity contribution >= 4 is 9.84 Å². The molecular weight excluding hydrogens is 176 g/mol. The number of furan rings is 1. The van der Waals surface area contributed by atoms with E-state index in [1.165, 1.54) is 0 Å². The van der Waals surface area contributed by atoms with Gasteiger partial charge in [-0.25, -0.2) is 8.42 Å². The molecule has 12 heavy (non-hydrogen) atoms. The molecule has 0 bridgehead atoms. The second kappa shape index (κ2) is 2.36. The summed E-state index contributed by atoms with van der Waals surface area (Å²) in [4.78, 5) is 0. The fourth-order valence-corrected chi connectivity index (χ4v) is 2.81. The van der Waals surface area contributed by atoms with Crippen LogP contribution in [0.1, 0.15) is 17.1 Å². The summed E-state index contributed by atoms with van der Waals surface area (Å²) in [6.45, 7) is 1.84. The van der Waals surface area contributed by atoms with Gasteiger partial charge in [-0.2, -0.15) is 0 Å². The normalized spacial score (nSPS) is 20.4. The lowest BCUT2D eigenvalue weighted by Gasteiger charge is -2.09. The summed E-state index contributed by atoms with van der Waals surface area (Å²) < 4.78 is 27.6. The van der Waals surface area contributed by atoms with E-state index in [4.69, 9.17) is 4.42 Å². The Hall–Kier alpha value is -0.770. The molecule has 0 aliphatic carbocycles. The number of hydrogen-bond donors (Lipinski definition) is 0. The number of rotatable bonds is 0. The maximum absolute atomic E-state index is 11.2. The van der Waals surface area contributed by atoms with Gasteiger partial charge in [0.2, 0.25) is 0 Å². The van der Waals surface area contributed by atoms with Crippen LogP contribution in [-0.4, -0.2) is 14.2 Å². The molecular formula is C8H10O3S. The molecule has 0 unspecified atom stereocenters. The predicted molar refractivity (Wildman–Crippen MR) is 44.6 cm³/mol. The number of aryl methyl sites for hydroxylation is 2. The molecule has 0 N–H and O–H groups in total. The van der Waals surface area contributed by atoms with Crippen LogP contribution in [-0.2, 0) is 22.0 Å². The van der Waals surface area contributed by atoms with Crippen molar-refractivity contribution in [2.24, 2.45) is 0 Å². The van der Waals surface area contributed by atoms with Gasteiger partial charge in [0.1, 0.15) is 17.3 Å². The van der Waals surface area contributed by atoms with Crippen molar-refractivity contribution in [3.05, 3.63) is 23.2 Å². The predicted octanol–water partition coefficient (Wildman–Crippen LogP) is 1.06. The second-order valence-electron chi connectivity index (χ2n) is 3.15. The van der Waals surface area contributed by atoms with Crippen LogP contribution in [0.4, 0.5) is 0 Å². The molecule has 3 nitrogen and oxygen atoms in total. The van der Waals surface area contributed by atoms with Gasteiger partial charge in [-0.05, 0) is 25.0 Å². The van der Waals surface area contributed by atoms with E-state index in [-0.39, 0.29) is 11.5 Å². The first kappa shape index (κ1) is 7.86. The van der Waals surface area contributed by atoms with Crippen LogP contribution in [0.25, 0.3) is 0 Å². The molecule has 0 fully saturated rings. The van der Waals surface area contributed by atoms with Crippen molar-refractivity contribution < 1.29 is 12.8 Å². The van der Waals surface area contributed by atoms with E-state index in [1.54, 1.807) is 0 Å². The van der Waals surface area contributed by atoms with Gasteiger partial charge in [-0.1, -0.05) is 0 Å². The van der Waals surface area contributed by atoms with Crippen molar-refractivity contribution in [1.82, 2.24) is 0 Å². The van der Waals surface area contributed by atoms with E-state index < -0.39 is 9.84 Å². The molecule has 2 rings (SSSR count). The number of fused-ring (bicyclic) bond motifs is 1. The Balaban J connectivity index is 2.47. The molecule has 1 aliphatic heterocycles. The standard InChI is InChI=1S/C8H10O3S/c1-6-4-7-2-3-12(9,10)5-8(7)11-6/h4H,2-3,5H2,1H3. The molecule has 0 saturated heterocycles. The maximum Gasteiger partial charge on any atom is 0.157 e. The average molecular weight is 186 g/mol. The Labute approximate surface area is 71.3 Å². The highest BCUT2D eigenvalue weighted by molar-refractivity contribution is 7.90. The highest BCUT2D eigenvalue weighted by Crippen LogP contribution is 2.23. The van der Waals surface area contributed by atoms with E-state index in [2.05, 4.69) is 0 Å². The van der Waals surface area contributed by atoms with Gasteiger partial charge in [0.05, 0.1) is 5.75 Å². The van der Waals surface area contributed by atoms with Crippen LogP contribution in [0.15, 0.2) is 10.5 Å². The first-order valence-electron chi connectivity index (χ1n) is 3.85. The molecule has 2 heterocycles. The molecule has 0 amide bonds. The van der Waals surface area contributed by atoms with Crippen molar-refractivity contribution in [1.29, 1.82) is 0 Å². The molecule has 0 atom stereocenters. The molecule has 0 radical (unpaired) electrons. The van der Waals surface area contributed by atoms with Crippen LogP contribution in [0.3, 0.4) is 0 Å². The van der Waals surface area contributed by atoms with Crippen LogP contribution < -0.4 is 0 Å². The topological polar surface area (TPSA) is 47.3 Å². The second-order valence-corrected chi connectivity index (χ2v) is 5.33. The van der Waals surface area contributed by atoms with Crippen molar-refractivity contribution in [2.45, 2.75) is 19.1 Å². The minimum atomic E-state index is -2.88. The minimum Gasteiger partial charge on any atom is -0.465 e. The summed E-state index contributed by atoms with van der Waals surface area (Å²) in [7, 11) is -2.88. The van der Waals surface area contributed by atoms with Crippen molar-refractivity contribution in [3.8, 4) is 0 Å². The fourth-order valence-electron chi connectivity index (χ4n) is 1.49. The zero-order valence-electron chi connectivity index (χ0n) is 6.83. The Morgan fingerprint density at radius 3 is 3.00 bits per heavy atom. The average Bonchev–Trinajstić information content (AvgIpc) is 2.26. The Kier molecular flexibility index (Phi) is 1.54. The quantitative estimate of drug-likeness (QED) is 0.608. The van der Waals surface area contributed by atoms with E-state index in [0.717, 1.165) is 11.3 Å².